The third-order valence-electron chi connectivity index (χ3n) is 4.06. The lowest BCUT2D eigenvalue weighted by atomic mass is 10.1. The summed E-state index contributed by atoms with van der Waals surface area (Å²) >= 11 is 3.48. The topological polar surface area (TPSA) is 42.7 Å². The van der Waals surface area contributed by atoms with Crippen molar-refractivity contribution in [3.8, 4) is 0 Å². The predicted octanol–water partition coefficient (Wildman–Crippen LogP) is 2.50. The molecule has 1 saturated heterocycles. The van der Waals surface area contributed by atoms with Gasteiger partial charge in [0, 0.05) is 13.1 Å². The molecule has 2 aromatic rings. The van der Waals surface area contributed by atoms with Gasteiger partial charge in [-0.15, -0.1) is 5.10 Å². The first kappa shape index (κ1) is 12.6. The summed E-state index contributed by atoms with van der Waals surface area (Å²) < 4.78 is 8.78. The minimum Gasteiger partial charge on any atom is -0.371 e. The van der Waals surface area contributed by atoms with Crippen LogP contribution in [-0.4, -0.2) is 39.9 Å². The van der Waals surface area contributed by atoms with Crippen molar-refractivity contribution < 1.29 is 4.74 Å². The third kappa shape index (κ3) is 2.20. The summed E-state index contributed by atoms with van der Waals surface area (Å²) in [6.07, 6.45) is 5.02. The Balaban J connectivity index is 1.64. The molecular formula is C14H17BrN4O. The van der Waals surface area contributed by atoms with E-state index < -0.39 is 0 Å². The summed E-state index contributed by atoms with van der Waals surface area (Å²) in [5.41, 5.74) is 0.862. The zero-order chi connectivity index (χ0) is 13.7. The van der Waals surface area contributed by atoms with Crippen molar-refractivity contribution in [2.75, 3.05) is 18.0 Å². The molecule has 0 radical (unpaired) electrons. The molecule has 0 N–H and O–H groups in total. The lowest BCUT2D eigenvalue weighted by molar-refractivity contribution is -0.0274. The van der Waals surface area contributed by atoms with Crippen LogP contribution < -0.4 is 4.90 Å². The maximum Gasteiger partial charge on any atom is 0.154 e. The van der Waals surface area contributed by atoms with Crippen LogP contribution in [0, 0.1) is 5.92 Å². The Morgan fingerprint density at radius 2 is 2.15 bits per heavy atom. The van der Waals surface area contributed by atoms with Gasteiger partial charge >= 0.3 is 0 Å². The van der Waals surface area contributed by atoms with Crippen molar-refractivity contribution in [1.82, 2.24) is 14.6 Å². The first-order valence-electron chi connectivity index (χ1n) is 7.11. The van der Waals surface area contributed by atoms with E-state index in [1.165, 1.54) is 12.8 Å². The second-order valence-corrected chi connectivity index (χ2v) is 6.58. The molecule has 1 aliphatic heterocycles. The molecule has 0 bridgehead atoms. The second kappa shape index (κ2) is 4.70. The largest absolute Gasteiger partial charge is 0.371 e. The number of fused-ring (bicyclic) bond motifs is 1. The van der Waals surface area contributed by atoms with Crippen molar-refractivity contribution in [1.29, 1.82) is 0 Å². The van der Waals surface area contributed by atoms with Gasteiger partial charge in [-0.1, -0.05) is 0 Å². The van der Waals surface area contributed by atoms with Crippen LogP contribution in [-0.2, 0) is 4.74 Å². The molecule has 3 heterocycles. The molecule has 0 unspecified atom stereocenters. The molecule has 106 valence electrons. The zero-order valence-electron chi connectivity index (χ0n) is 11.4. The maximum atomic E-state index is 6.06. The quantitative estimate of drug-likeness (QED) is 0.845. The number of anilines is 1. The highest BCUT2D eigenvalue weighted by molar-refractivity contribution is 9.10. The molecule has 0 amide bonds. The van der Waals surface area contributed by atoms with Gasteiger partial charge in [0.2, 0.25) is 0 Å². The molecule has 0 aromatic carbocycles. The Hall–Kier alpha value is -1.14. The fourth-order valence-electron chi connectivity index (χ4n) is 2.91. The second-order valence-electron chi connectivity index (χ2n) is 5.77. The highest BCUT2D eigenvalue weighted by Crippen LogP contribution is 2.37. The zero-order valence-corrected chi connectivity index (χ0v) is 13.0. The van der Waals surface area contributed by atoms with E-state index in [1.54, 1.807) is 6.20 Å². The Bertz CT molecular complexity index is 639. The number of hydrogen-bond donors (Lipinski definition) is 0. The molecule has 0 spiro atoms. The highest BCUT2D eigenvalue weighted by atomic mass is 79.9. The van der Waals surface area contributed by atoms with Crippen molar-refractivity contribution in [2.24, 2.45) is 5.92 Å². The van der Waals surface area contributed by atoms with Gasteiger partial charge in [0.15, 0.2) is 5.65 Å². The number of rotatable bonds is 2. The standard InChI is InChI=1S/C14H17BrN4O/c1-9-7-18(8-11(20-9)10-2-3-10)14-5-4-13-16-6-12(15)19(13)17-14/h4-6,9-11H,2-3,7-8H2,1H3/t9-,11-/m0/s1. The first-order valence-corrected chi connectivity index (χ1v) is 7.91. The van der Waals surface area contributed by atoms with Gasteiger partial charge in [-0.05, 0) is 53.7 Å². The number of hydrogen-bond acceptors (Lipinski definition) is 4. The van der Waals surface area contributed by atoms with E-state index in [2.05, 4.69) is 43.9 Å². The molecule has 20 heavy (non-hydrogen) atoms. The van der Waals surface area contributed by atoms with Crippen LogP contribution in [0.3, 0.4) is 0 Å². The van der Waals surface area contributed by atoms with E-state index in [0.29, 0.717) is 6.10 Å². The van der Waals surface area contributed by atoms with Crippen LogP contribution >= 0.6 is 15.9 Å². The summed E-state index contributed by atoms with van der Waals surface area (Å²) in [5, 5.41) is 4.68. The van der Waals surface area contributed by atoms with Crippen molar-refractivity contribution in [3.63, 3.8) is 0 Å². The van der Waals surface area contributed by atoms with Crippen molar-refractivity contribution in [2.45, 2.75) is 32.0 Å². The van der Waals surface area contributed by atoms with Gasteiger partial charge in [0.1, 0.15) is 10.4 Å². The minimum absolute atomic E-state index is 0.262. The Kier molecular flexibility index (Phi) is 2.96. The average molecular weight is 337 g/mol. The van der Waals surface area contributed by atoms with Crippen LogP contribution in [0.25, 0.3) is 5.65 Å². The number of imidazole rings is 1. The Labute approximate surface area is 126 Å². The van der Waals surface area contributed by atoms with Gasteiger partial charge in [-0.3, -0.25) is 0 Å². The fourth-order valence-corrected chi connectivity index (χ4v) is 3.27. The van der Waals surface area contributed by atoms with Gasteiger partial charge in [0.05, 0.1) is 18.4 Å². The van der Waals surface area contributed by atoms with E-state index in [1.807, 2.05) is 10.6 Å². The van der Waals surface area contributed by atoms with E-state index in [4.69, 9.17) is 4.74 Å². The van der Waals surface area contributed by atoms with Gasteiger partial charge in [-0.25, -0.2) is 9.50 Å². The van der Waals surface area contributed by atoms with E-state index >= 15 is 0 Å². The molecule has 1 aliphatic carbocycles. The van der Waals surface area contributed by atoms with Crippen molar-refractivity contribution in [3.05, 3.63) is 22.9 Å². The van der Waals surface area contributed by atoms with Gasteiger partial charge < -0.3 is 9.64 Å². The molecule has 2 aliphatic rings. The summed E-state index contributed by atoms with van der Waals surface area (Å²) in [6, 6.07) is 4.07. The highest BCUT2D eigenvalue weighted by Gasteiger charge is 2.37. The van der Waals surface area contributed by atoms with Crippen LogP contribution in [0.4, 0.5) is 5.82 Å². The maximum absolute atomic E-state index is 6.06. The van der Waals surface area contributed by atoms with Crippen LogP contribution in [0.5, 0.6) is 0 Å². The van der Waals surface area contributed by atoms with Crippen LogP contribution in [0.15, 0.2) is 22.9 Å². The lowest BCUT2D eigenvalue weighted by Gasteiger charge is -2.37. The number of halogens is 1. The molecule has 5 nitrogen and oxygen atoms in total. The lowest BCUT2D eigenvalue weighted by Crippen LogP contribution is -2.48. The molecular weight excluding hydrogens is 320 g/mol. The molecule has 6 heteroatoms. The van der Waals surface area contributed by atoms with E-state index in [-0.39, 0.29) is 6.10 Å². The SMILES string of the molecule is C[C@H]1CN(c2ccc3ncc(Br)n3n2)C[C@@H](C2CC2)O1. The molecule has 2 aromatic heterocycles. The van der Waals surface area contributed by atoms with Gasteiger partial charge in [0.25, 0.3) is 0 Å². The fraction of sp³-hybridized carbons (Fsp3) is 0.571. The summed E-state index contributed by atoms with van der Waals surface area (Å²) in [7, 11) is 0. The average Bonchev–Trinajstić information content (AvgIpc) is 3.23. The number of aromatic nitrogens is 3. The number of ether oxygens (including phenoxy) is 1. The number of nitrogens with zero attached hydrogens (tertiary/aromatic N) is 4. The molecule has 4 rings (SSSR count). The van der Waals surface area contributed by atoms with E-state index in [9.17, 15) is 0 Å². The smallest absolute Gasteiger partial charge is 0.154 e. The summed E-state index contributed by atoms with van der Waals surface area (Å²) in [5.74, 6) is 1.75. The minimum atomic E-state index is 0.262. The molecule has 2 fully saturated rings. The molecule has 2 atom stereocenters. The van der Waals surface area contributed by atoms with Crippen LogP contribution in [0.1, 0.15) is 19.8 Å². The third-order valence-corrected chi connectivity index (χ3v) is 4.60. The summed E-state index contributed by atoms with van der Waals surface area (Å²) in [6.45, 7) is 3.99. The van der Waals surface area contributed by atoms with Gasteiger partial charge in [-0.2, -0.15) is 0 Å². The monoisotopic (exact) mass is 336 g/mol. The first-order chi connectivity index (χ1) is 9.70. The Morgan fingerprint density at radius 3 is 2.95 bits per heavy atom. The summed E-state index contributed by atoms with van der Waals surface area (Å²) in [4.78, 5) is 6.62. The van der Waals surface area contributed by atoms with Crippen LogP contribution in [0.2, 0.25) is 0 Å². The number of morpholine rings is 1. The van der Waals surface area contributed by atoms with Crippen molar-refractivity contribution >= 4 is 27.4 Å². The predicted molar refractivity (Wildman–Crippen MR) is 80.0 cm³/mol. The normalized spacial score (nSPS) is 27.2. The van der Waals surface area contributed by atoms with E-state index in [0.717, 1.165) is 35.1 Å². The molecule has 1 saturated carbocycles. The Morgan fingerprint density at radius 1 is 1.30 bits per heavy atom.